The van der Waals surface area contributed by atoms with E-state index in [1.165, 1.54) is 56.1 Å². The molecule has 9 unspecified atom stereocenters. The first kappa shape index (κ1) is 21.2. The summed E-state index contributed by atoms with van der Waals surface area (Å²) < 4.78 is 0. The van der Waals surface area contributed by atoms with Crippen LogP contribution in [-0.2, 0) is 4.79 Å². The molecular weight excluding hydrogens is 390 g/mol. The van der Waals surface area contributed by atoms with Crippen molar-refractivity contribution in [3.63, 3.8) is 0 Å². The minimum absolute atomic E-state index is 0.172. The van der Waals surface area contributed by atoms with E-state index in [0.717, 1.165) is 48.0 Å². The van der Waals surface area contributed by atoms with E-state index in [1.54, 1.807) is 0 Å². The van der Waals surface area contributed by atoms with Gasteiger partial charge in [0.05, 0.1) is 5.41 Å². The summed E-state index contributed by atoms with van der Waals surface area (Å²) in [5.74, 6) is 5.18. The number of fused-ring (bicyclic) bond motifs is 3. The summed E-state index contributed by atoms with van der Waals surface area (Å²) in [6.07, 6.45) is 12.5. The molecule has 0 heterocycles. The Balaban J connectivity index is 1.44. The molecule has 2 spiro atoms. The van der Waals surface area contributed by atoms with Gasteiger partial charge in [0.2, 0.25) is 5.78 Å². The second-order valence-electron chi connectivity index (χ2n) is 13.0. The minimum atomic E-state index is -0.538. The summed E-state index contributed by atoms with van der Waals surface area (Å²) in [7, 11) is 0. The zero-order valence-corrected chi connectivity index (χ0v) is 20.7. The Morgan fingerprint density at radius 1 is 1.09 bits per heavy atom. The van der Waals surface area contributed by atoms with Crippen LogP contribution in [0.4, 0.5) is 0 Å². The summed E-state index contributed by atoms with van der Waals surface area (Å²) in [5.41, 5.74) is 4.58. The smallest absolute Gasteiger partial charge is 0.242 e. The average molecular weight is 432 g/mol. The van der Waals surface area contributed by atoms with Crippen molar-refractivity contribution in [2.45, 2.75) is 91.9 Å². The van der Waals surface area contributed by atoms with Gasteiger partial charge in [-0.25, -0.2) is 0 Å². The third kappa shape index (κ3) is 2.12. The van der Waals surface area contributed by atoms with Crippen molar-refractivity contribution < 1.29 is 4.79 Å². The number of carbonyl (C=O) groups excluding carboxylic acids is 1. The zero-order chi connectivity index (χ0) is 22.6. The summed E-state index contributed by atoms with van der Waals surface area (Å²) in [6, 6.07) is 2.09. The van der Waals surface area contributed by atoms with Gasteiger partial charge < -0.3 is 0 Å². The van der Waals surface area contributed by atoms with Gasteiger partial charge in [-0.05, 0) is 121 Å². The predicted molar refractivity (Wildman–Crippen MR) is 127 cm³/mol. The summed E-state index contributed by atoms with van der Waals surface area (Å²) >= 11 is 0. The molecule has 5 fully saturated rings. The van der Waals surface area contributed by atoms with E-state index in [-0.39, 0.29) is 5.78 Å². The number of Topliss-reactive ketones (excluding diaryl/α,β-unsaturated/α-hetero) is 1. The molecule has 0 radical (unpaired) electrons. The van der Waals surface area contributed by atoms with E-state index in [2.05, 4.69) is 40.3 Å². The first-order valence-corrected chi connectivity index (χ1v) is 13.7. The Labute approximate surface area is 194 Å². The normalized spacial score (nSPS) is 50.8. The maximum atomic E-state index is 13.2. The van der Waals surface area contributed by atoms with E-state index < -0.39 is 5.41 Å². The van der Waals surface area contributed by atoms with Gasteiger partial charge in [0.15, 0.2) is 0 Å². The average Bonchev–Trinajstić information content (AvgIpc) is 3.03. The maximum Gasteiger partial charge on any atom is 0.242 e. The van der Waals surface area contributed by atoms with Crippen LogP contribution in [0.25, 0.3) is 0 Å². The largest absolute Gasteiger partial charge is 0.282 e. The fourth-order valence-electron chi connectivity index (χ4n) is 11.7. The molecular formula is C30H41NO. The number of hydrogen-bond donors (Lipinski definition) is 0. The molecule has 0 aromatic rings. The predicted octanol–water partition coefficient (Wildman–Crippen LogP) is 7.27. The lowest BCUT2D eigenvalue weighted by Crippen LogP contribution is -2.45. The van der Waals surface area contributed by atoms with E-state index >= 15 is 0 Å². The van der Waals surface area contributed by atoms with Crippen molar-refractivity contribution in [1.29, 1.82) is 5.26 Å². The molecule has 6 rings (SSSR count). The zero-order valence-electron chi connectivity index (χ0n) is 20.7. The van der Waals surface area contributed by atoms with Crippen LogP contribution in [0.5, 0.6) is 0 Å². The molecule has 0 amide bonds. The molecule has 6 aliphatic rings. The fraction of sp³-hybridized carbons (Fsp3) is 0.800. The molecule has 5 saturated carbocycles. The highest BCUT2D eigenvalue weighted by molar-refractivity contribution is 6.02. The van der Waals surface area contributed by atoms with Gasteiger partial charge in [-0.2, -0.15) is 5.26 Å². The lowest BCUT2D eigenvalue weighted by atomic mass is 9.53. The highest BCUT2D eigenvalue weighted by Gasteiger charge is 2.85. The molecule has 32 heavy (non-hydrogen) atoms. The molecule has 6 aliphatic carbocycles. The monoisotopic (exact) mass is 431 g/mol. The van der Waals surface area contributed by atoms with Crippen LogP contribution in [0.2, 0.25) is 0 Å². The standard InChI is InChI=1S/C30H41NO/c1-6-20-9-13-29-22(19(20)5)11-14-30(29)23-10-12-28(25(32)16-31)15-18(4)26(17(2)3)27(28)21(23)7-8-24(29)30/h17,19-24H,4,6-15H2,1-3,5H3. The van der Waals surface area contributed by atoms with Gasteiger partial charge in [-0.1, -0.05) is 46.3 Å². The van der Waals surface area contributed by atoms with E-state index in [9.17, 15) is 10.1 Å². The van der Waals surface area contributed by atoms with Crippen molar-refractivity contribution in [2.75, 3.05) is 0 Å². The van der Waals surface area contributed by atoms with Crippen LogP contribution in [-0.4, -0.2) is 5.78 Å². The van der Waals surface area contributed by atoms with Crippen LogP contribution < -0.4 is 0 Å². The van der Waals surface area contributed by atoms with Crippen LogP contribution in [0.1, 0.15) is 91.9 Å². The topological polar surface area (TPSA) is 40.9 Å². The Hall–Kier alpha value is -1.36. The van der Waals surface area contributed by atoms with Gasteiger partial charge in [0.1, 0.15) is 6.07 Å². The third-order valence-corrected chi connectivity index (χ3v) is 12.4. The Bertz CT molecular complexity index is 966. The highest BCUT2D eigenvalue weighted by atomic mass is 16.1. The number of nitrogens with zero attached hydrogens (tertiary/aromatic N) is 1. The quantitative estimate of drug-likeness (QED) is 0.441. The molecule has 0 aliphatic heterocycles. The number of hydrogen-bond acceptors (Lipinski definition) is 2. The summed E-state index contributed by atoms with van der Waals surface area (Å²) in [6.45, 7) is 14.0. The number of carbonyl (C=O) groups is 1. The van der Waals surface area contributed by atoms with Gasteiger partial charge in [-0.15, -0.1) is 0 Å². The van der Waals surface area contributed by atoms with Gasteiger partial charge in [-0.3, -0.25) is 4.79 Å². The van der Waals surface area contributed by atoms with Crippen molar-refractivity contribution in [3.05, 3.63) is 23.3 Å². The van der Waals surface area contributed by atoms with Crippen LogP contribution in [0.15, 0.2) is 23.3 Å². The lowest BCUT2D eigenvalue weighted by Gasteiger charge is -2.49. The SMILES string of the molecule is C=C1CC2(C(=O)C#N)CCC3C(CCC4C35CCC3C(C)C(CC)CCC345)C2=C1C(C)C. The van der Waals surface area contributed by atoms with E-state index in [0.29, 0.717) is 29.1 Å². The lowest BCUT2D eigenvalue weighted by molar-refractivity contribution is -0.123. The molecule has 0 aromatic carbocycles. The molecule has 2 heteroatoms. The van der Waals surface area contributed by atoms with Crippen molar-refractivity contribution >= 4 is 5.78 Å². The Morgan fingerprint density at radius 3 is 2.47 bits per heavy atom. The van der Waals surface area contributed by atoms with Crippen molar-refractivity contribution in [2.24, 2.45) is 57.7 Å². The van der Waals surface area contributed by atoms with Gasteiger partial charge >= 0.3 is 0 Å². The molecule has 0 bridgehead atoms. The fourth-order valence-corrected chi connectivity index (χ4v) is 11.7. The first-order valence-electron chi connectivity index (χ1n) is 13.7. The molecule has 172 valence electrons. The second kappa shape index (κ2) is 6.61. The van der Waals surface area contributed by atoms with Gasteiger partial charge in [0.25, 0.3) is 0 Å². The van der Waals surface area contributed by atoms with Gasteiger partial charge in [0, 0.05) is 0 Å². The van der Waals surface area contributed by atoms with Crippen LogP contribution in [0.3, 0.4) is 0 Å². The van der Waals surface area contributed by atoms with Crippen molar-refractivity contribution in [1.82, 2.24) is 0 Å². The molecule has 0 aromatic heterocycles. The number of rotatable bonds is 3. The number of nitriles is 1. The third-order valence-electron chi connectivity index (χ3n) is 12.4. The molecule has 2 nitrogen and oxygen atoms in total. The number of ketones is 1. The van der Waals surface area contributed by atoms with E-state index in [4.69, 9.17) is 0 Å². The summed E-state index contributed by atoms with van der Waals surface area (Å²) in [4.78, 5) is 13.2. The number of allylic oxidation sites excluding steroid dienone is 3. The minimum Gasteiger partial charge on any atom is -0.282 e. The first-order chi connectivity index (χ1) is 15.3. The van der Waals surface area contributed by atoms with Crippen molar-refractivity contribution in [3.8, 4) is 6.07 Å². The second-order valence-corrected chi connectivity index (χ2v) is 13.0. The summed E-state index contributed by atoms with van der Waals surface area (Å²) in [5, 5.41) is 9.72. The highest BCUT2D eigenvalue weighted by Crippen LogP contribution is 2.91. The maximum absolute atomic E-state index is 13.2. The molecule has 0 N–H and O–H groups in total. The van der Waals surface area contributed by atoms with Crippen LogP contribution >= 0.6 is 0 Å². The Kier molecular flexibility index (Phi) is 4.38. The van der Waals surface area contributed by atoms with E-state index in [1.807, 2.05) is 0 Å². The van der Waals surface area contributed by atoms with Crippen LogP contribution in [0, 0.1) is 69.0 Å². The molecule has 0 saturated heterocycles. The molecule has 9 atom stereocenters. The Morgan fingerprint density at radius 2 is 1.78 bits per heavy atom.